The van der Waals surface area contributed by atoms with E-state index in [1.807, 2.05) is 20.8 Å². The SMILES string of the molecule is COc1cc(C(=O)C(C)C(C)C)ccc1Cl. The number of ether oxygens (including phenoxy) is 1. The Hall–Kier alpha value is -1.02. The number of hydrogen-bond donors (Lipinski definition) is 0. The second-order valence-corrected chi connectivity index (χ2v) is 4.65. The molecule has 0 spiro atoms. The third kappa shape index (κ3) is 2.76. The van der Waals surface area contributed by atoms with Crippen LogP contribution in [-0.2, 0) is 0 Å². The fourth-order valence-electron chi connectivity index (χ4n) is 1.38. The number of ketones is 1. The van der Waals surface area contributed by atoms with Crippen LogP contribution in [0.1, 0.15) is 31.1 Å². The summed E-state index contributed by atoms with van der Waals surface area (Å²) in [7, 11) is 1.54. The Morgan fingerprint density at radius 2 is 1.94 bits per heavy atom. The number of hydrogen-bond acceptors (Lipinski definition) is 2. The van der Waals surface area contributed by atoms with Crippen molar-refractivity contribution in [3.05, 3.63) is 28.8 Å². The van der Waals surface area contributed by atoms with Crippen LogP contribution in [0.3, 0.4) is 0 Å². The highest BCUT2D eigenvalue weighted by Crippen LogP contribution is 2.27. The fourth-order valence-corrected chi connectivity index (χ4v) is 1.57. The number of Topliss-reactive ketones (excluding diaryl/α,β-unsaturated/α-hetero) is 1. The van der Waals surface area contributed by atoms with Gasteiger partial charge in [0, 0.05) is 11.5 Å². The zero-order valence-electron chi connectivity index (χ0n) is 10.1. The van der Waals surface area contributed by atoms with Gasteiger partial charge in [-0.1, -0.05) is 32.4 Å². The molecule has 0 fully saturated rings. The van der Waals surface area contributed by atoms with Crippen LogP contribution in [0.2, 0.25) is 5.02 Å². The van der Waals surface area contributed by atoms with Crippen LogP contribution < -0.4 is 4.74 Å². The highest BCUT2D eigenvalue weighted by molar-refractivity contribution is 6.32. The van der Waals surface area contributed by atoms with Gasteiger partial charge in [-0.2, -0.15) is 0 Å². The number of benzene rings is 1. The molecule has 1 aromatic carbocycles. The lowest BCUT2D eigenvalue weighted by Gasteiger charge is -2.14. The van der Waals surface area contributed by atoms with Crippen molar-refractivity contribution in [2.24, 2.45) is 11.8 Å². The maximum atomic E-state index is 12.1. The van der Waals surface area contributed by atoms with E-state index < -0.39 is 0 Å². The molecule has 0 aliphatic carbocycles. The largest absolute Gasteiger partial charge is 0.495 e. The Morgan fingerprint density at radius 3 is 2.44 bits per heavy atom. The minimum atomic E-state index is 0.00545. The number of rotatable bonds is 4. The highest BCUT2D eigenvalue weighted by atomic mass is 35.5. The van der Waals surface area contributed by atoms with Crippen molar-refractivity contribution >= 4 is 17.4 Å². The second-order valence-electron chi connectivity index (χ2n) is 4.25. The van der Waals surface area contributed by atoms with Gasteiger partial charge in [-0.3, -0.25) is 4.79 Å². The molecule has 3 heteroatoms. The topological polar surface area (TPSA) is 26.3 Å². The van der Waals surface area contributed by atoms with E-state index in [1.165, 1.54) is 0 Å². The lowest BCUT2D eigenvalue weighted by molar-refractivity contribution is 0.0899. The monoisotopic (exact) mass is 240 g/mol. The second kappa shape index (κ2) is 5.35. The Labute approximate surface area is 102 Å². The quantitative estimate of drug-likeness (QED) is 0.748. The van der Waals surface area contributed by atoms with Crippen molar-refractivity contribution in [1.82, 2.24) is 0 Å². The maximum absolute atomic E-state index is 12.1. The van der Waals surface area contributed by atoms with E-state index in [2.05, 4.69) is 0 Å². The summed E-state index contributed by atoms with van der Waals surface area (Å²) in [4.78, 5) is 12.1. The standard InChI is InChI=1S/C13H17ClO2/c1-8(2)9(3)13(15)10-5-6-11(14)12(7-10)16-4/h5-9H,1-4H3. The molecule has 0 heterocycles. The highest BCUT2D eigenvalue weighted by Gasteiger charge is 2.19. The lowest BCUT2D eigenvalue weighted by atomic mass is 9.90. The summed E-state index contributed by atoms with van der Waals surface area (Å²) in [6, 6.07) is 5.14. The van der Waals surface area contributed by atoms with Crippen molar-refractivity contribution in [1.29, 1.82) is 0 Å². The zero-order chi connectivity index (χ0) is 12.3. The number of methoxy groups -OCH3 is 1. The Kier molecular flexibility index (Phi) is 4.36. The van der Waals surface area contributed by atoms with Crippen molar-refractivity contribution in [3.63, 3.8) is 0 Å². The molecule has 0 saturated carbocycles. The average molecular weight is 241 g/mol. The van der Waals surface area contributed by atoms with Crippen LogP contribution >= 0.6 is 11.6 Å². The van der Waals surface area contributed by atoms with E-state index in [0.29, 0.717) is 22.3 Å². The van der Waals surface area contributed by atoms with Gasteiger partial charge < -0.3 is 4.74 Å². The molecule has 0 aliphatic heterocycles. The number of carbonyl (C=O) groups is 1. The molecule has 0 N–H and O–H groups in total. The van der Waals surface area contributed by atoms with Gasteiger partial charge in [-0.25, -0.2) is 0 Å². The zero-order valence-corrected chi connectivity index (χ0v) is 10.8. The van der Waals surface area contributed by atoms with Crippen LogP contribution in [0.25, 0.3) is 0 Å². The van der Waals surface area contributed by atoms with Gasteiger partial charge in [-0.05, 0) is 24.1 Å². The van der Waals surface area contributed by atoms with Crippen LogP contribution in [0.5, 0.6) is 5.75 Å². The molecule has 2 nitrogen and oxygen atoms in total. The van der Waals surface area contributed by atoms with Gasteiger partial charge in [0.2, 0.25) is 0 Å². The van der Waals surface area contributed by atoms with Crippen LogP contribution in [0.4, 0.5) is 0 Å². The van der Waals surface area contributed by atoms with Gasteiger partial charge in [0.15, 0.2) is 5.78 Å². The molecule has 0 saturated heterocycles. The molecular weight excluding hydrogens is 224 g/mol. The minimum Gasteiger partial charge on any atom is -0.495 e. The Bertz CT molecular complexity index is 386. The van der Waals surface area contributed by atoms with Crippen LogP contribution in [0.15, 0.2) is 18.2 Å². The van der Waals surface area contributed by atoms with Gasteiger partial charge in [0.25, 0.3) is 0 Å². The molecule has 0 aromatic heterocycles. The molecule has 1 rings (SSSR count). The Balaban J connectivity index is 3.01. The van der Waals surface area contributed by atoms with Crippen molar-refractivity contribution in [2.45, 2.75) is 20.8 Å². The van der Waals surface area contributed by atoms with E-state index >= 15 is 0 Å². The predicted octanol–water partition coefficient (Wildman–Crippen LogP) is 3.82. The molecule has 0 aliphatic rings. The first-order chi connectivity index (χ1) is 7.47. The first kappa shape index (κ1) is 13.0. The van der Waals surface area contributed by atoms with Gasteiger partial charge in [0.05, 0.1) is 12.1 Å². The maximum Gasteiger partial charge on any atom is 0.166 e. The van der Waals surface area contributed by atoms with Crippen molar-refractivity contribution in [3.8, 4) is 5.75 Å². The van der Waals surface area contributed by atoms with E-state index in [0.717, 1.165) is 0 Å². The first-order valence-electron chi connectivity index (χ1n) is 5.35. The molecule has 1 atom stereocenters. The fraction of sp³-hybridized carbons (Fsp3) is 0.462. The molecule has 1 aromatic rings. The summed E-state index contributed by atoms with van der Waals surface area (Å²) in [6.07, 6.45) is 0. The molecule has 88 valence electrons. The minimum absolute atomic E-state index is 0.00545. The van der Waals surface area contributed by atoms with Gasteiger partial charge >= 0.3 is 0 Å². The third-order valence-electron chi connectivity index (χ3n) is 2.85. The molecular formula is C13H17ClO2. The number of carbonyl (C=O) groups excluding carboxylic acids is 1. The van der Waals surface area contributed by atoms with E-state index in [4.69, 9.17) is 16.3 Å². The first-order valence-corrected chi connectivity index (χ1v) is 5.73. The molecule has 0 radical (unpaired) electrons. The molecule has 0 amide bonds. The summed E-state index contributed by atoms with van der Waals surface area (Å²) in [6.45, 7) is 6.01. The van der Waals surface area contributed by atoms with Crippen LogP contribution in [-0.4, -0.2) is 12.9 Å². The summed E-state index contributed by atoms with van der Waals surface area (Å²) in [5.74, 6) is 1.01. The summed E-state index contributed by atoms with van der Waals surface area (Å²) < 4.78 is 5.09. The average Bonchev–Trinajstić information content (AvgIpc) is 2.27. The van der Waals surface area contributed by atoms with Crippen LogP contribution in [0, 0.1) is 11.8 Å². The summed E-state index contributed by atoms with van der Waals surface area (Å²) in [5.41, 5.74) is 0.655. The van der Waals surface area contributed by atoms with E-state index in [-0.39, 0.29) is 11.7 Å². The normalized spacial score (nSPS) is 12.6. The van der Waals surface area contributed by atoms with Gasteiger partial charge in [0.1, 0.15) is 5.75 Å². The summed E-state index contributed by atoms with van der Waals surface area (Å²) >= 11 is 5.91. The predicted molar refractivity (Wildman–Crippen MR) is 66.3 cm³/mol. The lowest BCUT2D eigenvalue weighted by Crippen LogP contribution is -2.16. The van der Waals surface area contributed by atoms with E-state index in [1.54, 1.807) is 25.3 Å². The molecule has 1 unspecified atom stereocenters. The van der Waals surface area contributed by atoms with Gasteiger partial charge in [-0.15, -0.1) is 0 Å². The van der Waals surface area contributed by atoms with Crippen molar-refractivity contribution in [2.75, 3.05) is 7.11 Å². The third-order valence-corrected chi connectivity index (χ3v) is 3.16. The smallest absolute Gasteiger partial charge is 0.166 e. The number of halogens is 1. The van der Waals surface area contributed by atoms with E-state index in [9.17, 15) is 4.79 Å². The molecule has 16 heavy (non-hydrogen) atoms. The molecule has 0 bridgehead atoms. The summed E-state index contributed by atoms with van der Waals surface area (Å²) in [5, 5.41) is 0.524. The Morgan fingerprint density at radius 1 is 1.31 bits per heavy atom. The van der Waals surface area contributed by atoms with Crippen molar-refractivity contribution < 1.29 is 9.53 Å².